The quantitative estimate of drug-likeness (QED) is 0.0362. The zero-order valence-electron chi connectivity index (χ0n) is 28.4. The fourth-order valence-corrected chi connectivity index (χ4v) is 4.47. The molecule has 0 fully saturated rings. The van der Waals surface area contributed by atoms with Crippen LogP contribution in [0.15, 0.2) is 97.1 Å². The Balaban J connectivity index is 1.33. The standard InChI is InChI=1S/C37H32N2O15/c40-33(49-21-25-7-3-1-4-8-25)15-17-35(42)51-23-27-19-29(38(45)46)11-13-31(27)53-37(44)54-32-14-12-30(39(47)48)20-28(32)24-52-36(43)18-16-34(41)50-22-26-9-5-2-6-10-26/h1-14,19-20H,15-18,21-24H2. The molecule has 17 nitrogen and oxygen atoms in total. The first-order valence-corrected chi connectivity index (χ1v) is 16.1. The van der Waals surface area contributed by atoms with E-state index in [0.29, 0.717) is 0 Å². The van der Waals surface area contributed by atoms with Crippen LogP contribution in [0.2, 0.25) is 0 Å². The molecule has 0 saturated heterocycles. The molecule has 0 aliphatic carbocycles. The Morgan fingerprint density at radius 1 is 0.463 bits per heavy atom. The van der Waals surface area contributed by atoms with Crippen LogP contribution in [0.5, 0.6) is 11.5 Å². The molecule has 0 radical (unpaired) electrons. The first kappa shape index (κ1) is 39.6. The van der Waals surface area contributed by atoms with Gasteiger partial charge in [-0.15, -0.1) is 0 Å². The highest BCUT2D eigenvalue weighted by Crippen LogP contribution is 2.28. The van der Waals surface area contributed by atoms with Crippen LogP contribution in [0.3, 0.4) is 0 Å². The molecule has 0 unspecified atom stereocenters. The maximum Gasteiger partial charge on any atom is 0.519 e. The third-order valence-electron chi connectivity index (χ3n) is 7.23. The predicted octanol–water partition coefficient (Wildman–Crippen LogP) is 6.21. The summed E-state index contributed by atoms with van der Waals surface area (Å²) < 4.78 is 31.0. The lowest BCUT2D eigenvalue weighted by atomic mass is 10.2. The summed E-state index contributed by atoms with van der Waals surface area (Å²) >= 11 is 0. The van der Waals surface area contributed by atoms with E-state index >= 15 is 0 Å². The highest BCUT2D eigenvalue weighted by molar-refractivity contribution is 5.78. The summed E-state index contributed by atoms with van der Waals surface area (Å²) in [6, 6.07) is 23.9. The fourth-order valence-electron chi connectivity index (χ4n) is 4.47. The molecular formula is C37H32N2O15. The van der Waals surface area contributed by atoms with Gasteiger partial charge in [0.05, 0.1) is 35.5 Å². The van der Waals surface area contributed by atoms with Gasteiger partial charge in [0.15, 0.2) is 0 Å². The average molecular weight is 745 g/mol. The molecule has 280 valence electrons. The molecule has 0 aliphatic rings. The molecule has 4 rings (SSSR count). The number of nitro groups is 2. The van der Waals surface area contributed by atoms with Crippen molar-refractivity contribution < 1.29 is 62.2 Å². The Morgan fingerprint density at radius 2 is 0.796 bits per heavy atom. The normalized spacial score (nSPS) is 10.4. The average Bonchev–Trinajstić information content (AvgIpc) is 3.17. The van der Waals surface area contributed by atoms with Crippen LogP contribution < -0.4 is 9.47 Å². The SMILES string of the molecule is O=C(CCC(=O)OCc1cc([N+](=O)[O-])ccc1OC(=O)Oc1ccc([N+](=O)[O-])cc1COC(=O)CCC(=O)OCc1ccccc1)OCc1ccccc1. The highest BCUT2D eigenvalue weighted by Gasteiger charge is 2.21. The smallest absolute Gasteiger partial charge is 0.461 e. The number of non-ortho nitro benzene ring substituents is 2. The number of nitrogens with zero attached hydrogens (tertiary/aromatic N) is 2. The molecule has 0 saturated carbocycles. The zero-order chi connectivity index (χ0) is 38.9. The van der Waals surface area contributed by atoms with Crippen molar-refractivity contribution in [1.82, 2.24) is 0 Å². The Labute approximate surface area is 306 Å². The van der Waals surface area contributed by atoms with E-state index in [1.807, 2.05) is 0 Å². The summed E-state index contributed by atoms with van der Waals surface area (Å²) in [4.78, 5) is 83.0. The number of hydrogen-bond acceptors (Lipinski definition) is 15. The Hall–Kier alpha value is -7.17. The van der Waals surface area contributed by atoms with Gasteiger partial charge in [0.25, 0.3) is 11.4 Å². The van der Waals surface area contributed by atoms with Crippen LogP contribution in [0.25, 0.3) is 0 Å². The first-order chi connectivity index (χ1) is 26.0. The summed E-state index contributed by atoms with van der Waals surface area (Å²) in [7, 11) is 0. The second-order valence-electron chi connectivity index (χ2n) is 11.2. The molecule has 54 heavy (non-hydrogen) atoms. The lowest BCUT2D eigenvalue weighted by Crippen LogP contribution is -2.17. The van der Waals surface area contributed by atoms with Gasteiger partial charge in [-0.25, -0.2) is 4.79 Å². The topological polar surface area (TPSA) is 227 Å². The van der Waals surface area contributed by atoms with Crippen molar-refractivity contribution in [3.8, 4) is 11.5 Å². The van der Waals surface area contributed by atoms with Crippen molar-refractivity contribution >= 4 is 41.4 Å². The van der Waals surface area contributed by atoms with Crippen LogP contribution in [-0.4, -0.2) is 39.9 Å². The summed E-state index contributed by atoms with van der Waals surface area (Å²) in [6.07, 6.45) is -2.74. The minimum Gasteiger partial charge on any atom is -0.461 e. The van der Waals surface area contributed by atoms with Crippen LogP contribution in [0.1, 0.15) is 47.9 Å². The van der Waals surface area contributed by atoms with E-state index in [1.165, 1.54) is 0 Å². The van der Waals surface area contributed by atoms with Gasteiger partial charge in [0.2, 0.25) is 0 Å². The molecule has 4 aromatic rings. The molecule has 0 heterocycles. The van der Waals surface area contributed by atoms with Gasteiger partial charge in [-0.2, -0.15) is 0 Å². The summed E-state index contributed by atoms with van der Waals surface area (Å²) in [5.74, 6) is -3.60. The maximum atomic E-state index is 12.9. The van der Waals surface area contributed by atoms with Crippen molar-refractivity contribution in [1.29, 1.82) is 0 Å². The third kappa shape index (κ3) is 13.2. The van der Waals surface area contributed by atoms with E-state index in [9.17, 15) is 44.2 Å². The number of rotatable bonds is 18. The lowest BCUT2D eigenvalue weighted by molar-refractivity contribution is -0.385. The fraction of sp³-hybridized carbons (Fsp3) is 0.216. The summed E-state index contributed by atoms with van der Waals surface area (Å²) in [5.41, 5.74) is 0.446. The number of esters is 4. The van der Waals surface area contributed by atoms with E-state index in [0.717, 1.165) is 47.5 Å². The number of carbonyl (C=O) groups is 5. The molecule has 0 aromatic heterocycles. The van der Waals surface area contributed by atoms with Gasteiger partial charge >= 0.3 is 30.0 Å². The monoisotopic (exact) mass is 744 g/mol. The van der Waals surface area contributed by atoms with Crippen molar-refractivity contribution in [2.24, 2.45) is 0 Å². The Kier molecular flexibility index (Phi) is 14.7. The Bertz CT molecular complexity index is 1840. The van der Waals surface area contributed by atoms with Crippen LogP contribution in [0.4, 0.5) is 16.2 Å². The van der Waals surface area contributed by atoms with E-state index in [1.54, 1.807) is 60.7 Å². The molecule has 0 aliphatic heterocycles. The van der Waals surface area contributed by atoms with Gasteiger partial charge in [0, 0.05) is 35.4 Å². The number of nitro benzene ring substituents is 2. The van der Waals surface area contributed by atoms with Crippen LogP contribution >= 0.6 is 0 Å². The molecule has 0 atom stereocenters. The molecule has 4 aromatic carbocycles. The van der Waals surface area contributed by atoms with Gasteiger partial charge in [-0.1, -0.05) is 60.7 Å². The molecule has 17 heteroatoms. The minimum absolute atomic E-state index is 0.0135. The van der Waals surface area contributed by atoms with Crippen molar-refractivity contribution in [3.05, 3.63) is 140 Å². The van der Waals surface area contributed by atoms with E-state index in [4.69, 9.17) is 28.4 Å². The zero-order valence-corrected chi connectivity index (χ0v) is 28.4. The second-order valence-corrected chi connectivity index (χ2v) is 11.2. The predicted molar refractivity (Wildman–Crippen MR) is 183 cm³/mol. The second kappa shape index (κ2) is 20.0. The van der Waals surface area contributed by atoms with Gasteiger partial charge in [-0.05, 0) is 23.3 Å². The number of ether oxygens (including phenoxy) is 6. The molecule has 0 spiro atoms. The summed E-state index contributed by atoms with van der Waals surface area (Å²) in [5, 5.41) is 22.8. The maximum absolute atomic E-state index is 12.9. The van der Waals surface area contributed by atoms with E-state index in [2.05, 4.69) is 0 Å². The Morgan fingerprint density at radius 3 is 1.13 bits per heavy atom. The van der Waals surface area contributed by atoms with Crippen molar-refractivity contribution in [2.75, 3.05) is 0 Å². The van der Waals surface area contributed by atoms with Gasteiger partial charge in [-0.3, -0.25) is 39.4 Å². The molecule has 0 bridgehead atoms. The van der Waals surface area contributed by atoms with Crippen LogP contribution in [0, 0.1) is 20.2 Å². The van der Waals surface area contributed by atoms with Gasteiger partial charge < -0.3 is 28.4 Å². The molecule has 0 N–H and O–H groups in total. The number of carbonyl (C=O) groups excluding carboxylic acids is 5. The molecular weight excluding hydrogens is 712 g/mol. The highest BCUT2D eigenvalue weighted by atomic mass is 16.7. The number of benzene rings is 4. The minimum atomic E-state index is -1.40. The van der Waals surface area contributed by atoms with E-state index < -0.39 is 64.5 Å². The van der Waals surface area contributed by atoms with Crippen molar-refractivity contribution in [3.63, 3.8) is 0 Å². The van der Waals surface area contributed by atoms with Crippen LogP contribution in [-0.2, 0) is 64.6 Å². The largest absolute Gasteiger partial charge is 0.519 e. The lowest BCUT2D eigenvalue weighted by Gasteiger charge is -2.13. The van der Waals surface area contributed by atoms with Gasteiger partial charge in [0.1, 0.15) is 37.9 Å². The first-order valence-electron chi connectivity index (χ1n) is 16.1. The molecule has 0 amide bonds. The summed E-state index contributed by atoms with van der Waals surface area (Å²) in [6.45, 7) is -1.17. The number of hydrogen-bond donors (Lipinski definition) is 0. The van der Waals surface area contributed by atoms with E-state index in [-0.39, 0.29) is 61.5 Å². The van der Waals surface area contributed by atoms with Crippen molar-refractivity contribution in [2.45, 2.75) is 52.1 Å². The third-order valence-corrected chi connectivity index (χ3v) is 7.23.